The van der Waals surface area contributed by atoms with Crippen molar-refractivity contribution >= 4 is 17.2 Å². The molecule has 0 saturated heterocycles. The summed E-state index contributed by atoms with van der Waals surface area (Å²) in [6.07, 6.45) is 1.46. The molecule has 6 nitrogen and oxygen atoms in total. The Hall–Kier alpha value is -2.43. The summed E-state index contributed by atoms with van der Waals surface area (Å²) in [6.45, 7) is 0.0202. The highest BCUT2D eigenvalue weighted by Gasteiger charge is 2.07. The van der Waals surface area contributed by atoms with Crippen molar-refractivity contribution in [2.45, 2.75) is 6.54 Å². The number of nitrogens with zero attached hydrogens (tertiary/aromatic N) is 1. The Balaban J connectivity index is 1.97. The first-order valence-corrected chi connectivity index (χ1v) is 6.57. The first-order chi connectivity index (χ1) is 9.69. The summed E-state index contributed by atoms with van der Waals surface area (Å²) in [7, 11) is 0. The number of H-pyrrole nitrogens is 1. The fourth-order valence-electron chi connectivity index (χ4n) is 1.41. The molecule has 2 rings (SSSR count). The van der Waals surface area contributed by atoms with Gasteiger partial charge in [-0.2, -0.15) is 0 Å². The quantitative estimate of drug-likeness (QED) is 0.699. The van der Waals surface area contributed by atoms with Gasteiger partial charge < -0.3 is 15.4 Å². The van der Waals surface area contributed by atoms with Crippen LogP contribution in [0.15, 0.2) is 28.5 Å². The van der Waals surface area contributed by atoms with Crippen molar-refractivity contribution < 1.29 is 9.90 Å². The van der Waals surface area contributed by atoms with Crippen LogP contribution in [0.25, 0.3) is 0 Å². The average molecular weight is 289 g/mol. The van der Waals surface area contributed by atoms with Gasteiger partial charge in [0.25, 0.3) is 5.91 Å². The third kappa shape index (κ3) is 3.78. The van der Waals surface area contributed by atoms with Crippen LogP contribution in [-0.2, 0) is 6.54 Å². The van der Waals surface area contributed by atoms with E-state index in [1.165, 1.54) is 6.20 Å². The lowest BCUT2D eigenvalue weighted by atomic mass is 10.2. The predicted molar refractivity (Wildman–Crippen MR) is 74.3 cm³/mol. The lowest BCUT2D eigenvalue weighted by Gasteiger charge is -2.02. The van der Waals surface area contributed by atoms with Crippen LogP contribution in [0.5, 0.6) is 0 Å². The summed E-state index contributed by atoms with van der Waals surface area (Å²) >= 11 is 1.05. The van der Waals surface area contributed by atoms with E-state index in [1.54, 1.807) is 17.5 Å². The molecule has 1 amide bonds. The van der Waals surface area contributed by atoms with Crippen molar-refractivity contribution in [2.75, 3.05) is 6.61 Å². The van der Waals surface area contributed by atoms with Gasteiger partial charge in [0.05, 0.1) is 6.54 Å². The first-order valence-electron chi connectivity index (χ1n) is 5.69. The Kier molecular flexibility index (Phi) is 4.65. The zero-order valence-electron chi connectivity index (χ0n) is 10.3. The molecule has 0 aliphatic rings. The zero-order chi connectivity index (χ0) is 14.4. The van der Waals surface area contributed by atoms with Gasteiger partial charge in [0.2, 0.25) is 0 Å². The predicted octanol–water partition coefficient (Wildman–Crippen LogP) is 0.105. The summed E-state index contributed by atoms with van der Waals surface area (Å²) in [5.41, 5.74) is 1.54. The minimum atomic E-state index is -0.335. The Morgan fingerprint density at radius 2 is 2.35 bits per heavy atom. The Labute approximate surface area is 118 Å². The third-order valence-corrected chi connectivity index (χ3v) is 3.04. The molecule has 20 heavy (non-hydrogen) atoms. The van der Waals surface area contributed by atoms with Crippen molar-refractivity contribution in [1.29, 1.82) is 0 Å². The van der Waals surface area contributed by atoms with Gasteiger partial charge in [-0.1, -0.05) is 23.2 Å². The van der Waals surface area contributed by atoms with Crippen molar-refractivity contribution in [2.24, 2.45) is 0 Å². The van der Waals surface area contributed by atoms with Crippen molar-refractivity contribution in [3.05, 3.63) is 50.3 Å². The van der Waals surface area contributed by atoms with Crippen molar-refractivity contribution in [1.82, 2.24) is 15.3 Å². The van der Waals surface area contributed by atoms with Gasteiger partial charge in [-0.25, -0.2) is 4.98 Å². The topological polar surface area (TPSA) is 95.1 Å². The molecular weight excluding hydrogens is 278 g/mol. The molecule has 0 spiro atoms. The molecule has 0 unspecified atom stereocenters. The highest BCUT2D eigenvalue weighted by Crippen LogP contribution is 2.00. The van der Waals surface area contributed by atoms with E-state index in [1.807, 2.05) is 0 Å². The van der Waals surface area contributed by atoms with Crippen LogP contribution in [0.3, 0.4) is 0 Å². The standard InChI is InChI=1S/C13H11N3O3S/c17-5-1-2-9-3-4-11(14-6-9)12(18)15-7-10-8-20-13(19)16-10/h3-4,6,8,17H,5,7H2,(H,15,18)(H,16,19). The molecule has 2 aromatic rings. The van der Waals surface area contributed by atoms with E-state index >= 15 is 0 Å². The highest BCUT2D eigenvalue weighted by molar-refractivity contribution is 7.07. The maximum Gasteiger partial charge on any atom is 0.304 e. The summed E-state index contributed by atoms with van der Waals surface area (Å²) in [6, 6.07) is 3.20. The Morgan fingerprint density at radius 3 is 2.95 bits per heavy atom. The van der Waals surface area contributed by atoms with Crippen LogP contribution in [0.2, 0.25) is 0 Å². The average Bonchev–Trinajstić information content (AvgIpc) is 2.89. The smallest absolute Gasteiger partial charge is 0.304 e. The van der Waals surface area contributed by atoms with Gasteiger partial charge in [0, 0.05) is 22.8 Å². The number of aliphatic hydroxyl groups is 1. The molecule has 0 radical (unpaired) electrons. The maximum absolute atomic E-state index is 11.8. The molecule has 0 aliphatic heterocycles. The van der Waals surface area contributed by atoms with Crippen molar-refractivity contribution in [3.8, 4) is 11.8 Å². The molecule has 0 aromatic carbocycles. The third-order valence-electron chi connectivity index (χ3n) is 2.32. The number of aromatic nitrogens is 2. The van der Waals surface area contributed by atoms with Gasteiger partial charge >= 0.3 is 4.87 Å². The van der Waals surface area contributed by atoms with Gasteiger partial charge in [-0.15, -0.1) is 0 Å². The number of carbonyl (C=O) groups excluding carboxylic acids is 1. The molecule has 0 aliphatic carbocycles. The second kappa shape index (κ2) is 6.65. The monoisotopic (exact) mass is 289 g/mol. The number of aliphatic hydroxyl groups excluding tert-OH is 1. The molecule has 3 N–H and O–H groups in total. The highest BCUT2D eigenvalue weighted by atomic mass is 32.1. The van der Waals surface area contributed by atoms with E-state index in [0.29, 0.717) is 11.3 Å². The molecule has 102 valence electrons. The maximum atomic E-state index is 11.8. The Bertz CT molecular complexity index is 707. The first kappa shape index (κ1) is 14.0. The van der Waals surface area contributed by atoms with Gasteiger partial charge in [0.1, 0.15) is 12.3 Å². The van der Waals surface area contributed by atoms with E-state index in [4.69, 9.17) is 5.11 Å². The number of rotatable bonds is 3. The number of carbonyl (C=O) groups is 1. The normalized spacial score (nSPS) is 9.65. The van der Waals surface area contributed by atoms with E-state index < -0.39 is 0 Å². The second-order valence-electron chi connectivity index (χ2n) is 3.75. The summed E-state index contributed by atoms with van der Waals surface area (Å²) < 4.78 is 0. The summed E-state index contributed by atoms with van der Waals surface area (Å²) in [5, 5.41) is 12.9. The fourth-order valence-corrected chi connectivity index (χ4v) is 1.99. The van der Waals surface area contributed by atoms with E-state index in [-0.39, 0.29) is 29.6 Å². The molecule has 0 bridgehead atoms. The number of hydrogen-bond donors (Lipinski definition) is 3. The lowest BCUT2D eigenvalue weighted by molar-refractivity contribution is 0.0945. The van der Waals surface area contributed by atoms with Gasteiger partial charge in [0.15, 0.2) is 0 Å². The summed E-state index contributed by atoms with van der Waals surface area (Å²) in [4.78, 5) is 29.2. The fraction of sp³-hybridized carbons (Fsp3) is 0.154. The van der Waals surface area contributed by atoms with E-state index in [9.17, 15) is 9.59 Å². The van der Waals surface area contributed by atoms with Crippen LogP contribution >= 0.6 is 11.3 Å². The van der Waals surface area contributed by atoms with Crippen LogP contribution in [0.1, 0.15) is 21.7 Å². The van der Waals surface area contributed by atoms with Crippen LogP contribution in [0.4, 0.5) is 0 Å². The lowest BCUT2D eigenvalue weighted by Crippen LogP contribution is -2.24. The number of pyridine rings is 1. The van der Waals surface area contributed by atoms with Gasteiger partial charge in [-0.3, -0.25) is 9.59 Å². The molecule has 7 heteroatoms. The minimum absolute atomic E-state index is 0.154. The number of amides is 1. The second-order valence-corrected chi connectivity index (χ2v) is 4.59. The van der Waals surface area contributed by atoms with E-state index in [0.717, 1.165) is 11.3 Å². The number of nitrogens with one attached hydrogen (secondary N) is 2. The number of hydrogen-bond acceptors (Lipinski definition) is 5. The molecule has 0 atom stereocenters. The largest absolute Gasteiger partial charge is 0.384 e. The number of thiazole rings is 1. The van der Waals surface area contributed by atoms with Crippen molar-refractivity contribution in [3.63, 3.8) is 0 Å². The molecule has 0 fully saturated rings. The molecule has 2 heterocycles. The Morgan fingerprint density at radius 1 is 1.50 bits per heavy atom. The van der Waals surface area contributed by atoms with Gasteiger partial charge in [-0.05, 0) is 12.1 Å². The molecule has 2 aromatic heterocycles. The molecular formula is C13H11N3O3S. The van der Waals surface area contributed by atoms with Crippen LogP contribution in [0, 0.1) is 11.8 Å². The minimum Gasteiger partial charge on any atom is -0.384 e. The molecule has 0 saturated carbocycles. The van der Waals surface area contributed by atoms with E-state index in [2.05, 4.69) is 27.1 Å². The summed E-state index contributed by atoms with van der Waals surface area (Å²) in [5.74, 6) is 4.85. The number of aromatic amines is 1. The zero-order valence-corrected chi connectivity index (χ0v) is 11.2. The SMILES string of the molecule is O=C(NCc1csc(=O)[nH]1)c1ccc(C#CCO)cn1. The van der Waals surface area contributed by atoms with Crippen LogP contribution < -0.4 is 10.2 Å². The van der Waals surface area contributed by atoms with Crippen LogP contribution in [-0.4, -0.2) is 27.6 Å².